The van der Waals surface area contributed by atoms with Crippen LogP contribution in [0.25, 0.3) is 0 Å². The summed E-state index contributed by atoms with van der Waals surface area (Å²) in [6.45, 7) is 0.725. The van der Waals surface area contributed by atoms with Crippen molar-refractivity contribution < 1.29 is 17.6 Å². The fourth-order valence-corrected chi connectivity index (χ4v) is 0.532. The molecule has 0 bridgehead atoms. The molecule has 0 unspecified atom stereocenters. The largest absolute Gasteiger partial charge is 0.310 e. The fraction of sp³-hybridized carbons (Fsp3) is 0.833. The molecule has 10 heavy (non-hydrogen) atoms. The zero-order valence-electron chi connectivity index (χ0n) is 5.63. The zero-order chi connectivity index (χ0) is 8.20. The summed E-state index contributed by atoms with van der Waals surface area (Å²) in [4.78, 5) is 0. The van der Waals surface area contributed by atoms with Crippen LogP contribution in [0.1, 0.15) is 26.2 Å². The minimum absolute atomic E-state index is 0.147. The van der Waals surface area contributed by atoms with E-state index in [0.717, 1.165) is 6.92 Å². The van der Waals surface area contributed by atoms with Crippen LogP contribution in [-0.4, -0.2) is 5.92 Å². The quantitative estimate of drug-likeness (QED) is 0.549. The molecule has 0 spiro atoms. The van der Waals surface area contributed by atoms with Crippen LogP contribution in [0.4, 0.5) is 17.6 Å². The smallest absolute Gasteiger partial charge is 0.207 e. The van der Waals surface area contributed by atoms with Gasteiger partial charge in [-0.15, -0.1) is 0 Å². The summed E-state index contributed by atoms with van der Waals surface area (Å²) < 4.78 is 46.4. The lowest BCUT2D eigenvalue weighted by Gasteiger charge is -2.07. The number of hydrogen-bond donors (Lipinski definition) is 0. The van der Waals surface area contributed by atoms with Crippen LogP contribution < -0.4 is 0 Å². The Hall–Kier alpha value is -0.280. The van der Waals surface area contributed by atoms with E-state index in [1.807, 2.05) is 0 Å². The second-order valence-electron chi connectivity index (χ2n) is 2.26. The van der Waals surface area contributed by atoms with E-state index in [1.54, 1.807) is 0 Å². The fourth-order valence-electron chi connectivity index (χ4n) is 0.532. The number of rotatable bonds is 4. The molecule has 0 atom stereocenters. The van der Waals surface area contributed by atoms with Gasteiger partial charge in [-0.1, -0.05) is 0 Å². The molecule has 1 radical (unpaired) electrons. The normalized spacial score (nSPS) is 12.6. The first-order chi connectivity index (χ1) is 4.42. The summed E-state index contributed by atoms with van der Waals surface area (Å²) in [7, 11) is 0. The van der Waals surface area contributed by atoms with Gasteiger partial charge in [-0.3, -0.25) is 0 Å². The summed E-state index contributed by atoms with van der Waals surface area (Å²) >= 11 is 0. The lowest BCUT2D eigenvalue weighted by molar-refractivity contribution is 0.00929. The minimum Gasteiger partial charge on any atom is -0.207 e. The molecule has 0 aromatic rings. The van der Waals surface area contributed by atoms with E-state index >= 15 is 0 Å². The predicted molar refractivity (Wildman–Crippen MR) is 29.9 cm³/mol. The molecule has 0 fully saturated rings. The molecular formula is C6H9F4. The third-order valence-electron chi connectivity index (χ3n) is 0.982. The third kappa shape index (κ3) is 7.72. The summed E-state index contributed by atoms with van der Waals surface area (Å²) in [6.07, 6.45) is -2.90. The number of hydrogen-bond acceptors (Lipinski definition) is 0. The van der Waals surface area contributed by atoms with Gasteiger partial charge in [-0.2, -0.15) is 8.78 Å². The van der Waals surface area contributed by atoms with Crippen LogP contribution in [0, 0.1) is 6.43 Å². The van der Waals surface area contributed by atoms with Crippen molar-refractivity contribution in [2.24, 2.45) is 0 Å². The first-order valence-electron chi connectivity index (χ1n) is 2.96. The second-order valence-corrected chi connectivity index (χ2v) is 2.26. The molecule has 4 heteroatoms. The molecule has 0 aliphatic carbocycles. The summed E-state index contributed by atoms with van der Waals surface area (Å²) in [5.41, 5.74) is 0. The lowest BCUT2D eigenvalue weighted by Crippen LogP contribution is -2.08. The Morgan fingerprint density at radius 2 is 1.80 bits per heavy atom. The highest BCUT2D eigenvalue weighted by atomic mass is 19.3. The molecule has 0 amide bonds. The van der Waals surface area contributed by atoms with Crippen LogP contribution in [0.3, 0.4) is 0 Å². The van der Waals surface area contributed by atoms with E-state index in [0.29, 0.717) is 0 Å². The van der Waals surface area contributed by atoms with E-state index < -0.39 is 25.2 Å². The highest BCUT2D eigenvalue weighted by molar-refractivity contribution is 4.64. The van der Waals surface area contributed by atoms with Gasteiger partial charge in [0, 0.05) is 12.8 Å². The molecule has 0 aliphatic rings. The average Bonchev–Trinajstić information content (AvgIpc) is 1.59. The molecule has 0 saturated carbocycles. The molecule has 61 valence electrons. The Morgan fingerprint density at radius 3 is 2.10 bits per heavy atom. The van der Waals surface area contributed by atoms with E-state index in [2.05, 4.69) is 0 Å². The van der Waals surface area contributed by atoms with Crippen LogP contribution >= 0.6 is 0 Å². The van der Waals surface area contributed by atoms with Gasteiger partial charge in [-0.25, -0.2) is 8.78 Å². The van der Waals surface area contributed by atoms with Crippen LogP contribution in [0.15, 0.2) is 0 Å². The van der Waals surface area contributed by atoms with Crippen molar-refractivity contribution in [1.82, 2.24) is 0 Å². The van der Waals surface area contributed by atoms with Gasteiger partial charge in [0.2, 0.25) is 5.92 Å². The van der Waals surface area contributed by atoms with Crippen molar-refractivity contribution in [2.75, 3.05) is 0 Å². The van der Waals surface area contributed by atoms with Gasteiger partial charge in [0.1, 0.15) is 0 Å². The molecule has 0 saturated heterocycles. The molecule has 0 heterocycles. The van der Waals surface area contributed by atoms with Gasteiger partial charge in [0.05, 0.1) is 0 Å². The summed E-state index contributed by atoms with van der Waals surface area (Å²) in [5, 5.41) is 0. The Morgan fingerprint density at radius 1 is 1.30 bits per heavy atom. The third-order valence-corrected chi connectivity index (χ3v) is 0.982. The molecular weight excluding hydrogens is 148 g/mol. The maximum Gasteiger partial charge on any atom is 0.310 e. The highest BCUT2D eigenvalue weighted by Gasteiger charge is 2.21. The lowest BCUT2D eigenvalue weighted by atomic mass is 10.2. The Kier molecular flexibility index (Phi) is 3.68. The van der Waals surface area contributed by atoms with Gasteiger partial charge in [0.25, 0.3) is 0 Å². The maximum atomic E-state index is 11.9. The van der Waals surface area contributed by atoms with E-state index in [1.165, 1.54) is 0 Å². The van der Waals surface area contributed by atoms with Crippen molar-refractivity contribution >= 4 is 0 Å². The van der Waals surface area contributed by atoms with Gasteiger partial charge < -0.3 is 0 Å². The van der Waals surface area contributed by atoms with Crippen molar-refractivity contribution in [3.05, 3.63) is 6.43 Å². The molecule has 0 N–H and O–H groups in total. The molecule has 0 nitrogen and oxygen atoms in total. The molecule has 0 rings (SSSR count). The molecule has 0 aromatic carbocycles. The Bertz CT molecular complexity index is 84.2. The van der Waals surface area contributed by atoms with E-state index in [4.69, 9.17) is 0 Å². The molecule has 0 aromatic heterocycles. The SMILES string of the molecule is CC(F)(F)CCC[C](F)F. The van der Waals surface area contributed by atoms with Gasteiger partial charge >= 0.3 is 6.43 Å². The van der Waals surface area contributed by atoms with E-state index in [9.17, 15) is 17.6 Å². The first-order valence-corrected chi connectivity index (χ1v) is 2.96. The van der Waals surface area contributed by atoms with Crippen LogP contribution in [0.2, 0.25) is 0 Å². The van der Waals surface area contributed by atoms with Crippen molar-refractivity contribution in [2.45, 2.75) is 32.1 Å². The standard InChI is InChI=1S/C6H9F4/c1-6(9,10)4-2-3-5(7)8/h2-4H2,1H3. The maximum absolute atomic E-state index is 11.9. The summed E-state index contributed by atoms with van der Waals surface area (Å²) in [5.74, 6) is -2.81. The summed E-state index contributed by atoms with van der Waals surface area (Å²) in [6, 6.07) is 0. The van der Waals surface area contributed by atoms with E-state index in [-0.39, 0.29) is 6.42 Å². The average molecular weight is 157 g/mol. The monoisotopic (exact) mass is 157 g/mol. The van der Waals surface area contributed by atoms with Crippen molar-refractivity contribution in [3.63, 3.8) is 0 Å². The molecule has 0 aliphatic heterocycles. The van der Waals surface area contributed by atoms with Crippen molar-refractivity contribution in [3.8, 4) is 0 Å². The first kappa shape index (κ1) is 9.72. The second kappa shape index (κ2) is 3.78. The number of halogens is 4. The predicted octanol–water partition coefficient (Wildman–Crippen LogP) is 3.24. The van der Waals surface area contributed by atoms with Gasteiger partial charge in [-0.05, 0) is 13.3 Å². The Labute approximate surface area is 57.2 Å². The highest BCUT2D eigenvalue weighted by Crippen LogP contribution is 2.22. The van der Waals surface area contributed by atoms with Gasteiger partial charge in [0.15, 0.2) is 0 Å². The number of alkyl halides is 2. The zero-order valence-corrected chi connectivity index (χ0v) is 5.63. The van der Waals surface area contributed by atoms with Crippen LogP contribution in [0.5, 0.6) is 0 Å². The van der Waals surface area contributed by atoms with Crippen LogP contribution in [-0.2, 0) is 0 Å². The topological polar surface area (TPSA) is 0 Å². The van der Waals surface area contributed by atoms with Crippen molar-refractivity contribution in [1.29, 1.82) is 0 Å². The minimum atomic E-state index is -2.81. The Balaban J connectivity index is 3.21.